The molecule has 1 unspecified atom stereocenters. The molecule has 2 N–H and O–H groups in total. The fourth-order valence-corrected chi connectivity index (χ4v) is 0.740. The van der Waals surface area contributed by atoms with Gasteiger partial charge in [0.25, 0.3) is 0 Å². The molecule has 2 nitrogen and oxygen atoms in total. The number of phenols is 1. The van der Waals surface area contributed by atoms with E-state index in [1.807, 2.05) is 0 Å². The number of phenolic OH excluding ortho intramolecular Hbond substituents is 1. The molecule has 1 aromatic rings. The van der Waals surface area contributed by atoms with E-state index in [-0.39, 0.29) is 5.75 Å². The zero-order valence-electron chi connectivity index (χ0n) is 6.94. The number of aliphatic hydroxyl groups excluding tert-OH is 1. The lowest BCUT2D eigenvalue weighted by atomic mass is 10.2. The van der Waals surface area contributed by atoms with Gasteiger partial charge in [-0.3, -0.25) is 0 Å². The Morgan fingerprint density at radius 2 is 2.00 bits per heavy atom. The summed E-state index contributed by atoms with van der Waals surface area (Å²) in [6, 6.07) is 6.51. The number of hydrogen-bond acceptors (Lipinski definition) is 2. The lowest BCUT2D eigenvalue weighted by Crippen LogP contribution is -1.73. The van der Waals surface area contributed by atoms with Crippen LogP contribution in [0.15, 0.2) is 30.3 Å². The van der Waals surface area contributed by atoms with Gasteiger partial charge in [-0.25, -0.2) is 0 Å². The van der Waals surface area contributed by atoms with Gasteiger partial charge in [-0.05, 0) is 17.7 Å². The number of benzene rings is 1. The summed E-state index contributed by atoms with van der Waals surface area (Å²) in [5.41, 5.74) is 0.846. The van der Waals surface area contributed by atoms with Crippen LogP contribution in [-0.2, 0) is 0 Å². The van der Waals surface area contributed by atoms with Crippen LogP contribution in [0.25, 0.3) is 6.08 Å². The monoisotopic (exact) mass is 152 g/mol. The molecule has 0 heterocycles. The molecule has 2 heteroatoms. The summed E-state index contributed by atoms with van der Waals surface area (Å²) < 4.78 is 6.79. The topological polar surface area (TPSA) is 40.5 Å². The zero-order chi connectivity index (χ0) is 8.97. The van der Waals surface area contributed by atoms with Crippen molar-refractivity contribution in [2.24, 2.45) is 0 Å². The van der Waals surface area contributed by atoms with Gasteiger partial charge >= 0.3 is 0 Å². The van der Waals surface area contributed by atoms with E-state index >= 15 is 0 Å². The molecule has 0 spiro atoms. The van der Waals surface area contributed by atoms with Gasteiger partial charge in [0, 0.05) is 0 Å². The largest absolute Gasteiger partial charge is 0.508 e. The Morgan fingerprint density at radius 1 is 1.36 bits per heavy atom. The maximum Gasteiger partial charge on any atom is 0.115 e. The van der Waals surface area contributed by atoms with Crippen molar-refractivity contribution in [3.05, 3.63) is 35.9 Å². The molecule has 1 rings (SSSR count). The Labute approximate surface area is 66.8 Å². The molecule has 0 saturated heterocycles. The number of rotatable bonds is 2. The maximum absolute atomic E-state index is 8.92. The van der Waals surface area contributed by atoms with Crippen molar-refractivity contribution in [1.82, 2.24) is 0 Å². The van der Waals surface area contributed by atoms with E-state index in [0.717, 1.165) is 5.56 Å². The third kappa shape index (κ3) is 2.43. The SMILES string of the molecule is [3H]C(O)/C=C/c1ccc(O)cc1. The number of aromatic hydroxyl groups is 1. The van der Waals surface area contributed by atoms with Gasteiger partial charge in [-0.15, -0.1) is 0 Å². The van der Waals surface area contributed by atoms with Gasteiger partial charge in [0.2, 0.25) is 0 Å². The van der Waals surface area contributed by atoms with Crippen LogP contribution in [0, 0.1) is 0 Å². The molecule has 0 aliphatic rings. The van der Waals surface area contributed by atoms with E-state index in [0.29, 0.717) is 0 Å². The number of aliphatic hydroxyl groups is 1. The van der Waals surface area contributed by atoms with Crippen molar-refractivity contribution in [1.29, 1.82) is 0 Å². The highest BCUT2D eigenvalue weighted by Crippen LogP contribution is 2.10. The van der Waals surface area contributed by atoms with Gasteiger partial charge in [0.1, 0.15) is 5.75 Å². The van der Waals surface area contributed by atoms with E-state index in [1.54, 1.807) is 30.3 Å². The summed E-state index contributed by atoms with van der Waals surface area (Å²) in [6.07, 6.45) is 2.98. The normalized spacial score (nSPS) is 14.8. The molecule has 11 heavy (non-hydrogen) atoms. The van der Waals surface area contributed by atoms with E-state index < -0.39 is 6.58 Å². The van der Waals surface area contributed by atoms with Gasteiger partial charge in [-0.2, -0.15) is 0 Å². The van der Waals surface area contributed by atoms with Crippen LogP contribution < -0.4 is 0 Å². The summed E-state index contributed by atoms with van der Waals surface area (Å²) in [7, 11) is 0. The molecule has 1 atom stereocenters. The first kappa shape index (κ1) is 6.43. The second-order valence-electron chi connectivity index (χ2n) is 2.10. The lowest BCUT2D eigenvalue weighted by molar-refractivity contribution is 0.343. The minimum absolute atomic E-state index is 0.207. The van der Waals surface area contributed by atoms with Crippen LogP contribution in [0.1, 0.15) is 6.93 Å². The average Bonchev–Trinajstić information content (AvgIpc) is 2.03. The first-order valence-electron chi connectivity index (χ1n) is 3.84. The third-order valence-electron chi connectivity index (χ3n) is 1.27. The van der Waals surface area contributed by atoms with Crippen molar-refractivity contribution in [3.8, 4) is 5.75 Å². The van der Waals surface area contributed by atoms with E-state index in [1.165, 1.54) is 6.08 Å². The second-order valence-corrected chi connectivity index (χ2v) is 2.10. The summed E-state index contributed by atoms with van der Waals surface area (Å²) in [4.78, 5) is 0. The summed E-state index contributed by atoms with van der Waals surface area (Å²) in [6.45, 7) is -1.18. The van der Waals surface area contributed by atoms with Crippen molar-refractivity contribution in [3.63, 3.8) is 0 Å². The molecule has 0 aliphatic heterocycles. The molecule has 0 aromatic heterocycles. The third-order valence-corrected chi connectivity index (χ3v) is 1.27. The highest BCUT2D eigenvalue weighted by atomic mass is 16.3. The van der Waals surface area contributed by atoms with E-state index in [9.17, 15) is 0 Å². The van der Waals surface area contributed by atoms with Crippen molar-refractivity contribution in [2.45, 2.75) is 0 Å². The summed E-state index contributed by atoms with van der Waals surface area (Å²) >= 11 is 0. The quantitative estimate of drug-likeness (QED) is 0.672. The van der Waals surface area contributed by atoms with Crippen LogP contribution in [-0.4, -0.2) is 16.8 Å². The molecule has 0 bridgehead atoms. The fraction of sp³-hybridized carbons (Fsp3) is 0.111. The smallest absolute Gasteiger partial charge is 0.115 e. The van der Waals surface area contributed by atoms with Crippen molar-refractivity contribution in [2.75, 3.05) is 6.58 Å². The van der Waals surface area contributed by atoms with Gasteiger partial charge < -0.3 is 10.2 Å². The van der Waals surface area contributed by atoms with Crippen LogP contribution in [0.2, 0.25) is 0 Å². The Kier molecular flexibility index (Phi) is 2.21. The minimum Gasteiger partial charge on any atom is -0.508 e. The highest BCUT2D eigenvalue weighted by molar-refractivity contribution is 5.50. The predicted octanol–water partition coefficient (Wildman–Crippen LogP) is 1.40. The molecular formula is C9H10O2. The molecule has 0 saturated carbocycles. The Bertz CT molecular complexity index is 264. The Balaban J connectivity index is 2.71. The zero-order valence-corrected chi connectivity index (χ0v) is 5.94. The van der Waals surface area contributed by atoms with Gasteiger partial charge in [0.05, 0.1) is 7.95 Å². The second kappa shape index (κ2) is 3.78. The molecule has 1 aromatic carbocycles. The molecule has 0 aliphatic carbocycles. The molecule has 58 valence electrons. The van der Waals surface area contributed by atoms with E-state index in [2.05, 4.69) is 0 Å². The van der Waals surface area contributed by atoms with Crippen molar-refractivity contribution >= 4 is 6.08 Å². The van der Waals surface area contributed by atoms with Crippen LogP contribution in [0.3, 0.4) is 0 Å². The maximum atomic E-state index is 8.92. The standard InChI is InChI=1S/C9H10O2/c10-7-1-2-8-3-5-9(11)6-4-8/h1-6,10-11H,7H2/b2-1+/i7T. The fourth-order valence-electron chi connectivity index (χ4n) is 0.740. The lowest BCUT2D eigenvalue weighted by Gasteiger charge is -1.92. The van der Waals surface area contributed by atoms with Crippen LogP contribution in [0.4, 0.5) is 0 Å². The van der Waals surface area contributed by atoms with Crippen LogP contribution >= 0.6 is 0 Å². The van der Waals surface area contributed by atoms with Gasteiger partial charge in [0.15, 0.2) is 0 Å². The van der Waals surface area contributed by atoms with Crippen LogP contribution in [0.5, 0.6) is 5.75 Å². The molecular weight excluding hydrogens is 140 g/mol. The first-order valence-corrected chi connectivity index (χ1v) is 3.26. The predicted molar refractivity (Wildman–Crippen MR) is 44.2 cm³/mol. The first-order chi connectivity index (χ1) is 5.68. The Morgan fingerprint density at radius 3 is 2.55 bits per heavy atom. The molecule has 0 amide bonds. The average molecular weight is 152 g/mol. The summed E-state index contributed by atoms with van der Waals surface area (Å²) in [5.74, 6) is 0.207. The summed E-state index contributed by atoms with van der Waals surface area (Å²) in [5, 5.41) is 17.5. The highest BCUT2D eigenvalue weighted by Gasteiger charge is 1.85. The van der Waals surface area contributed by atoms with Gasteiger partial charge in [-0.1, -0.05) is 24.3 Å². The Hall–Kier alpha value is -1.28. The molecule has 0 radical (unpaired) electrons. The van der Waals surface area contributed by atoms with Crippen molar-refractivity contribution < 1.29 is 11.6 Å². The number of hydrogen-bond donors (Lipinski definition) is 2. The minimum atomic E-state index is -1.18. The molecule has 0 fully saturated rings. The van der Waals surface area contributed by atoms with E-state index in [4.69, 9.17) is 11.6 Å².